The molecule has 3 N–H and O–H groups in total. The lowest BCUT2D eigenvalue weighted by Gasteiger charge is -2.54. The number of phenolic OH excluding ortho intramolecular Hbond substituents is 1. The fourth-order valence-corrected chi connectivity index (χ4v) is 15.2. The highest BCUT2D eigenvalue weighted by Crippen LogP contribution is 2.48. The van der Waals surface area contributed by atoms with Crippen molar-refractivity contribution in [1.82, 2.24) is 44.1 Å². The summed E-state index contributed by atoms with van der Waals surface area (Å²) in [6, 6.07) is 11.3. The van der Waals surface area contributed by atoms with Crippen molar-refractivity contribution in [3.8, 4) is 23.0 Å². The van der Waals surface area contributed by atoms with Crippen molar-refractivity contribution in [2.24, 2.45) is 24.8 Å². The molecule has 8 fully saturated rings. The van der Waals surface area contributed by atoms with E-state index >= 15 is 8.78 Å². The molecule has 80 heavy (non-hydrogen) atoms. The van der Waals surface area contributed by atoms with Crippen molar-refractivity contribution in [3.63, 3.8) is 0 Å². The SMILES string of the molecule is CCc1c(F)ccc2cc(O)cc(-c3ncc4c(N5CCC[C@@](C)(O)C5)nc(OC[C@@]56CCCN5[C@H](COC(=O)N5CC7CC(C5)C7CN5CCC(c7ccc8c(c7)n(C)c(=O)n8C7CCC(=O)NC7=O)CC5)CC6)nc4c3F)c12. The van der Waals surface area contributed by atoms with E-state index in [1.165, 1.54) is 34.5 Å². The van der Waals surface area contributed by atoms with Crippen LogP contribution >= 0.6 is 0 Å². The Kier molecular flexibility index (Phi) is 13.4. The zero-order valence-electron chi connectivity index (χ0n) is 45.8. The number of benzene rings is 3. The van der Waals surface area contributed by atoms with Gasteiger partial charge >= 0.3 is 17.8 Å². The number of hydrogen-bond acceptors (Lipinski definition) is 14. The number of anilines is 1. The van der Waals surface area contributed by atoms with Gasteiger partial charge in [-0.3, -0.25) is 33.9 Å². The van der Waals surface area contributed by atoms with Gasteiger partial charge < -0.3 is 34.4 Å². The van der Waals surface area contributed by atoms with Crippen LogP contribution in [0.2, 0.25) is 0 Å². The predicted octanol–water partition coefficient (Wildman–Crippen LogP) is 7.33. The highest BCUT2D eigenvalue weighted by Gasteiger charge is 2.52. The minimum Gasteiger partial charge on any atom is -0.508 e. The first kappa shape index (κ1) is 52.6. The van der Waals surface area contributed by atoms with Crippen LogP contribution in [0.25, 0.3) is 44.0 Å². The second kappa shape index (κ2) is 20.3. The molecule has 2 bridgehead atoms. The molecule has 1 saturated carbocycles. The lowest BCUT2D eigenvalue weighted by atomic mass is 9.61. The number of piperidine rings is 5. The molecule has 3 unspecified atom stereocenters. The molecular weight excluding hydrogens is 1030 g/mol. The Labute approximate surface area is 462 Å². The van der Waals surface area contributed by atoms with Crippen LogP contribution in [0.5, 0.6) is 11.8 Å². The molecule has 0 radical (unpaired) electrons. The van der Waals surface area contributed by atoms with Crippen LogP contribution in [-0.2, 0) is 27.8 Å². The van der Waals surface area contributed by atoms with Gasteiger partial charge in [0, 0.05) is 64.0 Å². The van der Waals surface area contributed by atoms with E-state index in [0.717, 1.165) is 76.6 Å². The normalized spacial score (nSPS) is 27.5. The summed E-state index contributed by atoms with van der Waals surface area (Å²) in [4.78, 5) is 74.7. The van der Waals surface area contributed by atoms with Gasteiger partial charge in [-0.2, -0.15) is 9.97 Å². The number of carbonyl (C=O) groups is 3. The van der Waals surface area contributed by atoms with Gasteiger partial charge in [0.05, 0.1) is 27.6 Å². The number of pyridine rings is 1. The molecule has 18 nitrogen and oxygen atoms in total. The Bertz CT molecular complexity index is 3530. The molecule has 8 aliphatic rings. The second-order valence-corrected chi connectivity index (χ2v) is 24.4. The predicted molar refractivity (Wildman–Crippen MR) is 296 cm³/mol. The number of carbonyl (C=O) groups excluding carboxylic acids is 3. The summed E-state index contributed by atoms with van der Waals surface area (Å²) in [5.74, 6) is 0.129. The van der Waals surface area contributed by atoms with Gasteiger partial charge in [-0.1, -0.05) is 19.1 Å². The number of hydrogen-bond donors (Lipinski definition) is 3. The smallest absolute Gasteiger partial charge is 0.409 e. The lowest BCUT2D eigenvalue weighted by Crippen LogP contribution is -2.59. The molecule has 14 rings (SSSR count). The fourth-order valence-electron chi connectivity index (χ4n) is 15.2. The third kappa shape index (κ3) is 9.22. The zero-order valence-corrected chi connectivity index (χ0v) is 45.8. The third-order valence-corrected chi connectivity index (χ3v) is 19.4. The lowest BCUT2D eigenvalue weighted by molar-refractivity contribution is -0.135. The van der Waals surface area contributed by atoms with E-state index in [4.69, 9.17) is 19.4 Å². The first-order valence-electron chi connectivity index (χ1n) is 28.9. The molecule has 1 aliphatic carbocycles. The maximum Gasteiger partial charge on any atom is 0.409 e. The number of halogens is 2. The maximum atomic E-state index is 17.3. The average molecular weight is 1100 g/mol. The number of phenols is 1. The van der Waals surface area contributed by atoms with E-state index in [1.807, 2.05) is 22.8 Å². The summed E-state index contributed by atoms with van der Waals surface area (Å²) in [7, 11) is 1.74. The molecule has 7 saturated heterocycles. The number of aryl methyl sites for hydroxylation is 2. The van der Waals surface area contributed by atoms with Crippen molar-refractivity contribution in [2.45, 2.75) is 120 Å². The van der Waals surface area contributed by atoms with Gasteiger partial charge in [0.15, 0.2) is 5.82 Å². The number of β-amino-alcohol motifs (C(OH)–C–C–N with tert-alkyl or cyclic N) is 1. The van der Waals surface area contributed by atoms with Gasteiger partial charge in [-0.15, -0.1) is 0 Å². The van der Waals surface area contributed by atoms with Crippen LogP contribution in [0.3, 0.4) is 0 Å². The monoisotopic (exact) mass is 1100 g/mol. The molecule has 3 aromatic heterocycles. The molecule has 3 aromatic carbocycles. The Morgan fingerprint density at radius 1 is 0.925 bits per heavy atom. The zero-order chi connectivity index (χ0) is 55.4. The third-order valence-electron chi connectivity index (χ3n) is 19.4. The van der Waals surface area contributed by atoms with E-state index in [1.54, 1.807) is 24.6 Å². The van der Waals surface area contributed by atoms with Gasteiger partial charge in [0.2, 0.25) is 11.8 Å². The number of rotatable bonds is 12. The number of aliphatic hydroxyl groups is 1. The molecule has 6 atom stereocenters. The van der Waals surface area contributed by atoms with Crippen molar-refractivity contribution in [3.05, 3.63) is 81.9 Å². The van der Waals surface area contributed by atoms with Gasteiger partial charge in [-0.25, -0.2) is 18.4 Å². The van der Waals surface area contributed by atoms with Crippen LogP contribution in [0.1, 0.15) is 108 Å². The molecule has 3 amide bonds. The van der Waals surface area contributed by atoms with Crippen LogP contribution in [0.4, 0.5) is 19.4 Å². The molecule has 10 heterocycles. The van der Waals surface area contributed by atoms with Crippen LogP contribution in [0, 0.1) is 29.4 Å². The quantitative estimate of drug-likeness (QED) is 0.103. The molecule has 6 aromatic rings. The summed E-state index contributed by atoms with van der Waals surface area (Å²) in [6.07, 6.45) is 9.98. The average Bonchev–Trinajstić information content (AvgIpc) is 4.24. The number of amides is 3. The molecule has 7 aliphatic heterocycles. The van der Waals surface area contributed by atoms with E-state index in [9.17, 15) is 29.4 Å². The van der Waals surface area contributed by atoms with E-state index in [0.29, 0.717) is 102 Å². The van der Waals surface area contributed by atoms with Crippen molar-refractivity contribution < 1.29 is 42.9 Å². The number of fused-ring (bicyclic) bond motifs is 6. The van der Waals surface area contributed by atoms with Crippen molar-refractivity contribution in [2.75, 3.05) is 70.5 Å². The fraction of sp³-hybridized carbons (Fsp3) is 0.550. The number of imide groups is 1. The number of imidazole rings is 1. The summed E-state index contributed by atoms with van der Waals surface area (Å²) >= 11 is 0. The first-order valence-corrected chi connectivity index (χ1v) is 28.9. The summed E-state index contributed by atoms with van der Waals surface area (Å²) in [6.45, 7) is 10.1. The van der Waals surface area contributed by atoms with E-state index in [-0.39, 0.29) is 84.0 Å². The number of aromatic nitrogens is 5. The first-order chi connectivity index (χ1) is 38.5. The highest BCUT2D eigenvalue weighted by atomic mass is 19.1. The minimum atomic E-state index is -1.00. The standard InChI is InChI=1S/C60H70F2N10O8/c1-4-41-45(61)9-7-36-24-40(73)26-42(50(36)41)52-51(62)53-43(27-63-52)54(69-19-5-16-59(2,78)32-69)66-56(65-53)80-33-60-17-6-20-71(60)39(13-18-60)31-79-58(77)70-28-37-23-38(29-70)44(37)30-68-21-14-34(15-22-68)35-8-10-46-48(25-35)67(3)57(76)72(46)47-11-12-49(74)64-55(47)75/h7-10,24-27,34,37-39,44,47,73,78H,4-6,11-23,28-33H2,1-3H3,(H,64,74,75)/t37?,38?,39-,44?,47?,59+,60-/m0/s1. The van der Waals surface area contributed by atoms with Crippen LogP contribution in [0.15, 0.2) is 53.5 Å². The highest BCUT2D eigenvalue weighted by molar-refractivity contribution is 6.02. The van der Waals surface area contributed by atoms with Crippen molar-refractivity contribution >= 4 is 56.4 Å². The topological polar surface area (TPSA) is 201 Å². The van der Waals surface area contributed by atoms with Crippen LogP contribution in [-0.4, -0.2) is 150 Å². The summed E-state index contributed by atoms with van der Waals surface area (Å²) < 4.78 is 48.4. The molecule has 0 spiro atoms. The molecular formula is C60H70F2N10O8. The Morgan fingerprint density at radius 3 is 2.50 bits per heavy atom. The Balaban J connectivity index is 0.638. The summed E-state index contributed by atoms with van der Waals surface area (Å²) in [5, 5.41) is 25.7. The number of aromatic hydroxyl groups is 1. The summed E-state index contributed by atoms with van der Waals surface area (Å²) in [5.41, 5.74) is 1.58. The number of ether oxygens (including phenoxy) is 2. The maximum absolute atomic E-state index is 17.3. The van der Waals surface area contributed by atoms with Gasteiger partial charge in [0.1, 0.15) is 47.9 Å². The second-order valence-electron chi connectivity index (χ2n) is 24.4. The van der Waals surface area contributed by atoms with Crippen molar-refractivity contribution in [1.29, 1.82) is 0 Å². The van der Waals surface area contributed by atoms with Gasteiger partial charge in [-0.05, 0) is 173 Å². The number of likely N-dealkylation sites (tertiary alicyclic amines) is 1. The Morgan fingerprint density at radius 2 is 1.73 bits per heavy atom. The number of nitrogens with zero attached hydrogens (tertiary/aromatic N) is 9. The van der Waals surface area contributed by atoms with E-state index < -0.39 is 29.2 Å². The minimum absolute atomic E-state index is 0.0111. The van der Waals surface area contributed by atoms with E-state index in [2.05, 4.69) is 32.2 Å². The Hall–Kier alpha value is -6.77. The van der Waals surface area contributed by atoms with Crippen LogP contribution < -0.4 is 20.6 Å². The van der Waals surface area contributed by atoms with Gasteiger partial charge in [0.25, 0.3) is 0 Å². The molecule has 422 valence electrons. The number of nitrogens with one attached hydrogen (secondary N) is 1. The molecule has 20 heteroatoms. The largest absolute Gasteiger partial charge is 0.508 e.